The molecule has 0 unspecified atom stereocenters. The summed E-state index contributed by atoms with van der Waals surface area (Å²) in [6, 6.07) is 6.30. The number of nitrogens with zero attached hydrogens (tertiary/aromatic N) is 5. The monoisotopic (exact) mass is 509 g/mol. The van der Waals surface area contributed by atoms with Crippen LogP contribution in [0, 0.1) is 5.82 Å². The molecule has 0 spiro atoms. The molecule has 4 rings (SSSR count). The third-order valence-corrected chi connectivity index (χ3v) is 6.70. The van der Waals surface area contributed by atoms with E-state index in [0.717, 1.165) is 39.5 Å². The van der Waals surface area contributed by atoms with Gasteiger partial charge >= 0.3 is 5.97 Å². The Labute approximate surface area is 214 Å². The van der Waals surface area contributed by atoms with Gasteiger partial charge in [-0.1, -0.05) is 38.1 Å². The first-order chi connectivity index (χ1) is 17.5. The van der Waals surface area contributed by atoms with Gasteiger partial charge in [0.1, 0.15) is 11.4 Å². The lowest BCUT2D eigenvalue weighted by molar-refractivity contribution is -0.139. The number of aliphatic carboxylic acids is 1. The average molecular weight is 510 g/mol. The van der Waals surface area contributed by atoms with Crippen molar-refractivity contribution in [3.63, 3.8) is 0 Å². The maximum Gasteiger partial charge on any atom is 0.305 e. The van der Waals surface area contributed by atoms with Gasteiger partial charge in [-0.3, -0.25) is 9.78 Å². The number of pyridine rings is 1. The number of hydrogen-bond donors (Lipinski definition) is 3. The van der Waals surface area contributed by atoms with Crippen LogP contribution in [0.25, 0.3) is 17.2 Å². The maximum absolute atomic E-state index is 13.9. The van der Waals surface area contributed by atoms with Crippen molar-refractivity contribution >= 4 is 12.0 Å². The molecule has 2 atom stereocenters. The number of carboxylic acid groups (broad SMARTS) is 1. The number of rotatable bonds is 8. The molecule has 0 aliphatic carbocycles. The molecule has 196 valence electrons. The van der Waals surface area contributed by atoms with E-state index in [9.17, 15) is 19.4 Å². The van der Waals surface area contributed by atoms with Crippen molar-refractivity contribution < 1.29 is 24.5 Å². The Morgan fingerprint density at radius 3 is 2.54 bits per heavy atom. The van der Waals surface area contributed by atoms with Gasteiger partial charge in [-0.15, -0.1) is 5.10 Å². The number of carbonyl (C=O) groups is 1. The Hall–Kier alpha value is -3.50. The lowest BCUT2D eigenvalue weighted by atomic mass is 9.84. The van der Waals surface area contributed by atoms with Crippen LogP contribution in [0.3, 0.4) is 0 Å². The Bertz CT molecular complexity index is 1320. The zero-order chi connectivity index (χ0) is 26.9. The van der Waals surface area contributed by atoms with Gasteiger partial charge in [0.15, 0.2) is 5.82 Å². The lowest BCUT2D eigenvalue weighted by Gasteiger charge is -2.29. The van der Waals surface area contributed by atoms with Crippen LogP contribution >= 0.6 is 0 Å². The summed E-state index contributed by atoms with van der Waals surface area (Å²) >= 11 is 0. The summed E-state index contributed by atoms with van der Waals surface area (Å²) in [5.74, 6) is -0.722. The normalized spacial score (nSPS) is 16.3. The van der Waals surface area contributed by atoms with E-state index in [-0.39, 0.29) is 18.2 Å². The first-order valence-electron chi connectivity index (χ1n) is 12.4. The van der Waals surface area contributed by atoms with E-state index < -0.39 is 30.1 Å². The predicted octanol–water partition coefficient (Wildman–Crippen LogP) is 3.48. The zero-order valence-electron chi connectivity index (χ0n) is 21.4. The van der Waals surface area contributed by atoms with Gasteiger partial charge in [-0.05, 0) is 65.4 Å². The number of benzene rings is 1. The first kappa shape index (κ1) is 26.6. The van der Waals surface area contributed by atoms with Crippen LogP contribution in [0.5, 0.6) is 0 Å². The predicted molar refractivity (Wildman–Crippen MR) is 135 cm³/mol. The summed E-state index contributed by atoms with van der Waals surface area (Å²) in [5.41, 5.74) is 4.43. The quantitative estimate of drug-likeness (QED) is 0.420. The van der Waals surface area contributed by atoms with E-state index in [2.05, 4.69) is 15.5 Å². The van der Waals surface area contributed by atoms with Crippen LogP contribution in [-0.4, -0.2) is 58.7 Å². The number of aliphatic hydroxyl groups excluding tert-OH is 2. The molecule has 9 nitrogen and oxygen atoms in total. The summed E-state index contributed by atoms with van der Waals surface area (Å²) < 4.78 is 15.7. The molecule has 1 aliphatic rings. The van der Waals surface area contributed by atoms with E-state index >= 15 is 0 Å². The Balaban J connectivity index is 1.91. The Morgan fingerprint density at radius 2 is 1.89 bits per heavy atom. The Kier molecular flexibility index (Phi) is 7.52. The maximum atomic E-state index is 13.9. The van der Waals surface area contributed by atoms with E-state index in [0.29, 0.717) is 12.8 Å². The fourth-order valence-electron chi connectivity index (χ4n) is 4.94. The highest BCUT2D eigenvalue weighted by Gasteiger charge is 2.37. The van der Waals surface area contributed by atoms with Crippen LogP contribution < -0.4 is 0 Å². The molecule has 2 aromatic heterocycles. The smallest absolute Gasteiger partial charge is 0.305 e. The fourth-order valence-corrected chi connectivity index (χ4v) is 4.94. The molecule has 37 heavy (non-hydrogen) atoms. The third kappa shape index (κ3) is 5.45. The molecule has 1 aromatic carbocycles. The number of fused-ring (bicyclic) bond motifs is 2. The second-order valence-electron chi connectivity index (χ2n) is 10.3. The minimum absolute atomic E-state index is 0.00582. The lowest BCUT2D eigenvalue weighted by Crippen LogP contribution is -2.32. The molecule has 0 saturated heterocycles. The van der Waals surface area contributed by atoms with Gasteiger partial charge in [-0.2, -0.15) is 0 Å². The summed E-state index contributed by atoms with van der Waals surface area (Å²) in [5, 5.41) is 41.7. The molecule has 10 heteroatoms. The van der Waals surface area contributed by atoms with E-state index in [1.165, 1.54) is 12.1 Å². The van der Waals surface area contributed by atoms with Gasteiger partial charge in [0, 0.05) is 18.4 Å². The van der Waals surface area contributed by atoms with E-state index in [1.54, 1.807) is 29.0 Å². The van der Waals surface area contributed by atoms with Crippen molar-refractivity contribution in [3.8, 4) is 11.1 Å². The highest BCUT2D eigenvalue weighted by molar-refractivity contribution is 5.81. The topological polar surface area (TPSA) is 134 Å². The summed E-state index contributed by atoms with van der Waals surface area (Å²) in [4.78, 5) is 16.0. The van der Waals surface area contributed by atoms with Crippen molar-refractivity contribution in [2.24, 2.45) is 0 Å². The minimum Gasteiger partial charge on any atom is -0.481 e. The van der Waals surface area contributed by atoms with Crippen molar-refractivity contribution in [3.05, 3.63) is 64.5 Å². The highest BCUT2D eigenvalue weighted by Crippen LogP contribution is 2.41. The SMILES string of the molecule is CC(C)c1nc2c(c(-c3ccc(F)cc3)c1C=C[C@@H](O)C[C@@H](O)CC(=O)O)CCc1nnnn1C2(C)C. The molecule has 3 N–H and O–H groups in total. The molecule has 0 saturated carbocycles. The molecule has 3 aromatic rings. The summed E-state index contributed by atoms with van der Waals surface area (Å²) in [7, 11) is 0. The van der Waals surface area contributed by atoms with Crippen molar-refractivity contribution in [1.82, 2.24) is 25.2 Å². The van der Waals surface area contributed by atoms with E-state index in [4.69, 9.17) is 10.1 Å². The number of hydrogen-bond acceptors (Lipinski definition) is 7. The van der Waals surface area contributed by atoms with Gasteiger partial charge in [0.25, 0.3) is 0 Å². The molecule has 0 fully saturated rings. The van der Waals surface area contributed by atoms with Crippen LogP contribution in [-0.2, 0) is 23.2 Å². The number of carboxylic acids is 1. The second kappa shape index (κ2) is 10.5. The van der Waals surface area contributed by atoms with Gasteiger partial charge < -0.3 is 15.3 Å². The van der Waals surface area contributed by atoms with Crippen LogP contribution in [0.1, 0.15) is 74.8 Å². The number of halogens is 1. The number of aryl methyl sites for hydroxylation is 1. The van der Waals surface area contributed by atoms with Crippen LogP contribution in [0.4, 0.5) is 4.39 Å². The van der Waals surface area contributed by atoms with Gasteiger partial charge in [0.2, 0.25) is 0 Å². The molecule has 0 bridgehead atoms. The standard InChI is InChI=1S/C27H32FN5O4/c1-15(2)25-20(10-9-18(34)13-19(35)14-23(36)37)24(16-5-7-17(28)8-6-16)21-11-12-22-30-31-32-33(22)27(3,4)26(21)29-25/h5-10,15,18-19,34-35H,11-14H2,1-4H3,(H,36,37)/t18-,19-/m1/s1. The van der Waals surface area contributed by atoms with Crippen molar-refractivity contribution in [2.45, 2.75) is 77.0 Å². The summed E-state index contributed by atoms with van der Waals surface area (Å²) in [6.07, 6.45) is 1.72. The molecule has 0 amide bonds. The second-order valence-corrected chi connectivity index (χ2v) is 10.3. The first-order valence-corrected chi connectivity index (χ1v) is 12.4. The molecule has 3 heterocycles. The fraction of sp³-hybridized carbons (Fsp3) is 0.444. The number of aromatic nitrogens is 5. The van der Waals surface area contributed by atoms with E-state index in [1.807, 2.05) is 27.7 Å². The van der Waals surface area contributed by atoms with Crippen LogP contribution in [0.15, 0.2) is 30.3 Å². The average Bonchev–Trinajstić information content (AvgIpc) is 3.26. The van der Waals surface area contributed by atoms with Crippen molar-refractivity contribution in [2.75, 3.05) is 0 Å². The number of tetrazole rings is 1. The summed E-state index contributed by atoms with van der Waals surface area (Å²) in [6.45, 7) is 8.09. The minimum atomic E-state index is -1.17. The molecule has 1 aliphatic heterocycles. The molecular formula is C27H32FN5O4. The van der Waals surface area contributed by atoms with Crippen molar-refractivity contribution in [1.29, 1.82) is 0 Å². The third-order valence-electron chi connectivity index (χ3n) is 6.70. The zero-order valence-corrected chi connectivity index (χ0v) is 21.4. The van der Waals surface area contributed by atoms with Gasteiger partial charge in [0.05, 0.1) is 30.0 Å². The van der Waals surface area contributed by atoms with Crippen LogP contribution in [0.2, 0.25) is 0 Å². The molecule has 0 radical (unpaired) electrons. The highest BCUT2D eigenvalue weighted by atomic mass is 19.1. The largest absolute Gasteiger partial charge is 0.481 e. The number of aliphatic hydroxyl groups is 2. The Morgan fingerprint density at radius 1 is 1.19 bits per heavy atom. The molecular weight excluding hydrogens is 477 g/mol. The van der Waals surface area contributed by atoms with Gasteiger partial charge in [-0.25, -0.2) is 9.07 Å².